The molecule has 0 saturated carbocycles. The van der Waals surface area contributed by atoms with Gasteiger partial charge in [-0.1, -0.05) is 18.2 Å². The number of nitrogens with zero attached hydrogens (tertiary/aromatic N) is 1. The van der Waals surface area contributed by atoms with Crippen LogP contribution in [-0.2, 0) is 4.79 Å². The highest BCUT2D eigenvalue weighted by atomic mass is 16.4. The normalized spacial score (nSPS) is 21.2. The number of hydrogen-bond acceptors (Lipinski definition) is 3. The van der Waals surface area contributed by atoms with Crippen molar-refractivity contribution in [3.63, 3.8) is 0 Å². The number of furan rings is 1. The van der Waals surface area contributed by atoms with Gasteiger partial charge in [-0.2, -0.15) is 0 Å². The number of fused-ring (bicyclic) bond motifs is 1. The molecule has 0 spiro atoms. The summed E-state index contributed by atoms with van der Waals surface area (Å²) in [6.45, 7) is 2.25. The minimum Gasteiger partial charge on any atom is -0.481 e. The fourth-order valence-corrected chi connectivity index (χ4v) is 2.98. The van der Waals surface area contributed by atoms with Gasteiger partial charge >= 0.3 is 5.97 Å². The second kappa shape index (κ2) is 5.09. The molecule has 3 rings (SSSR count). The van der Waals surface area contributed by atoms with Crippen molar-refractivity contribution < 1.29 is 19.1 Å². The molecule has 2 atom stereocenters. The van der Waals surface area contributed by atoms with Crippen molar-refractivity contribution in [1.29, 1.82) is 0 Å². The molecule has 5 heteroatoms. The Morgan fingerprint density at radius 3 is 2.67 bits per heavy atom. The molecule has 1 aliphatic heterocycles. The molecule has 0 saturated heterocycles. The zero-order chi connectivity index (χ0) is 15.0. The molecule has 1 amide bonds. The summed E-state index contributed by atoms with van der Waals surface area (Å²) in [6, 6.07) is 9.67. The van der Waals surface area contributed by atoms with Crippen LogP contribution in [0.5, 0.6) is 0 Å². The number of hydrogen-bond donors (Lipinski definition) is 1. The number of carbonyl (C=O) groups is 2. The van der Waals surface area contributed by atoms with Gasteiger partial charge in [0.15, 0.2) is 0 Å². The molecule has 1 aromatic heterocycles. The van der Waals surface area contributed by atoms with Crippen LogP contribution < -0.4 is 0 Å². The molecule has 1 N–H and O–H groups in total. The summed E-state index contributed by atoms with van der Waals surface area (Å²) in [5, 5.41) is 9.67. The minimum atomic E-state index is -0.963. The maximum absolute atomic E-state index is 12.6. The summed E-state index contributed by atoms with van der Waals surface area (Å²) in [7, 11) is 0. The zero-order valence-corrected chi connectivity index (χ0v) is 11.5. The van der Waals surface area contributed by atoms with Crippen molar-refractivity contribution in [2.75, 3.05) is 6.54 Å². The van der Waals surface area contributed by atoms with E-state index >= 15 is 0 Å². The predicted molar refractivity (Wildman–Crippen MR) is 75.0 cm³/mol. The largest absolute Gasteiger partial charge is 0.481 e. The molecule has 1 aliphatic rings. The van der Waals surface area contributed by atoms with Crippen molar-refractivity contribution >= 4 is 11.9 Å². The summed E-state index contributed by atoms with van der Waals surface area (Å²) in [6.07, 6.45) is 1.49. The van der Waals surface area contributed by atoms with Crippen LogP contribution in [0.4, 0.5) is 0 Å². The number of rotatable bonds is 3. The van der Waals surface area contributed by atoms with Crippen molar-refractivity contribution in [2.45, 2.75) is 18.9 Å². The fourth-order valence-electron chi connectivity index (χ4n) is 2.98. The third-order valence-electron chi connectivity index (χ3n) is 3.88. The zero-order valence-electron chi connectivity index (χ0n) is 11.5. The molecule has 0 aliphatic carbocycles. The highest BCUT2D eigenvalue weighted by Gasteiger charge is 2.44. The van der Waals surface area contributed by atoms with Crippen LogP contribution in [0.15, 0.2) is 47.1 Å². The SMILES string of the molecule is CCN1C(=O)c2ccccc2C(C(=O)O)C1c1ccco1. The number of carbonyl (C=O) groups excluding carboxylic acids is 1. The first-order valence-corrected chi connectivity index (χ1v) is 6.81. The van der Waals surface area contributed by atoms with Gasteiger partial charge in [0.2, 0.25) is 0 Å². The van der Waals surface area contributed by atoms with Gasteiger partial charge in [-0.05, 0) is 30.7 Å². The van der Waals surface area contributed by atoms with Crippen LogP contribution in [0.2, 0.25) is 0 Å². The topological polar surface area (TPSA) is 70.8 Å². The third kappa shape index (κ3) is 2.01. The van der Waals surface area contributed by atoms with Gasteiger partial charge < -0.3 is 14.4 Å². The molecule has 2 aromatic rings. The molecule has 0 bridgehead atoms. The summed E-state index contributed by atoms with van der Waals surface area (Å²) in [5.41, 5.74) is 0.996. The molecule has 2 unspecified atom stereocenters. The Bertz CT molecular complexity index is 677. The average Bonchev–Trinajstić information content (AvgIpc) is 3.00. The summed E-state index contributed by atoms with van der Waals surface area (Å²) in [5.74, 6) is -1.46. The second-order valence-corrected chi connectivity index (χ2v) is 4.95. The number of aliphatic carboxylic acids is 1. The van der Waals surface area contributed by atoms with Crippen molar-refractivity contribution in [3.8, 4) is 0 Å². The Kier molecular flexibility index (Phi) is 3.25. The van der Waals surface area contributed by atoms with Crippen LogP contribution in [-0.4, -0.2) is 28.4 Å². The average molecular weight is 285 g/mol. The van der Waals surface area contributed by atoms with Crippen LogP contribution in [0.3, 0.4) is 0 Å². The van der Waals surface area contributed by atoms with Crippen molar-refractivity contribution in [2.24, 2.45) is 0 Å². The fraction of sp³-hybridized carbons (Fsp3) is 0.250. The van der Waals surface area contributed by atoms with E-state index in [0.717, 1.165) is 0 Å². The maximum atomic E-state index is 12.6. The summed E-state index contributed by atoms with van der Waals surface area (Å²) < 4.78 is 5.39. The number of carboxylic acids is 1. The van der Waals surface area contributed by atoms with E-state index in [9.17, 15) is 14.7 Å². The predicted octanol–water partition coefficient (Wildman–Crippen LogP) is 2.66. The molecular formula is C16H15NO4. The molecular weight excluding hydrogens is 270 g/mol. The van der Waals surface area contributed by atoms with E-state index in [1.165, 1.54) is 6.26 Å². The van der Waals surface area contributed by atoms with Gasteiger partial charge in [0.05, 0.1) is 6.26 Å². The van der Waals surface area contributed by atoms with Crippen LogP contribution in [0, 0.1) is 0 Å². The van der Waals surface area contributed by atoms with Crippen LogP contribution in [0.25, 0.3) is 0 Å². The first kappa shape index (κ1) is 13.4. The number of carboxylic acid groups (broad SMARTS) is 1. The lowest BCUT2D eigenvalue weighted by Gasteiger charge is -2.38. The van der Waals surface area contributed by atoms with E-state index in [2.05, 4.69) is 0 Å². The lowest BCUT2D eigenvalue weighted by molar-refractivity contribution is -0.140. The summed E-state index contributed by atoms with van der Waals surface area (Å²) >= 11 is 0. The van der Waals surface area contributed by atoms with Gasteiger partial charge in [0, 0.05) is 12.1 Å². The molecule has 108 valence electrons. The first-order valence-electron chi connectivity index (χ1n) is 6.81. The van der Waals surface area contributed by atoms with E-state index in [1.807, 2.05) is 6.92 Å². The quantitative estimate of drug-likeness (QED) is 0.941. The molecule has 5 nitrogen and oxygen atoms in total. The minimum absolute atomic E-state index is 0.160. The Morgan fingerprint density at radius 2 is 2.05 bits per heavy atom. The van der Waals surface area contributed by atoms with E-state index in [1.54, 1.807) is 41.3 Å². The maximum Gasteiger partial charge on any atom is 0.313 e. The molecule has 0 radical (unpaired) electrons. The van der Waals surface area contributed by atoms with Gasteiger partial charge in [-0.3, -0.25) is 9.59 Å². The lowest BCUT2D eigenvalue weighted by Crippen LogP contribution is -2.44. The number of likely N-dealkylation sites (N-methyl/N-ethyl adjacent to an activating group) is 1. The summed E-state index contributed by atoms with van der Waals surface area (Å²) in [4.78, 5) is 26.0. The molecule has 1 aromatic carbocycles. The van der Waals surface area contributed by atoms with Gasteiger partial charge in [0.25, 0.3) is 5.91 Å². The Labute approximate surface area is 121 Å². The molecule has 0 fully saturated rings. The number of benzene rings is 1. The highest BCUT2D eigenvalue weighted by Crippen LogP contribution is 2.42. The van der Waals surface area contributed by atoms with Gasteiger partial charge in [-0.15, -0.1) is 0 Å². The Hall–Kier alpha value is -2.56. The van der Waals surface area contributed by atoms with E-state index < -0.39 is 17.9 Å². The smallest absolute Gasteiger partial charge is 0.313 e. The van der Waals surface area contributed by atoms with E-state index in [0.29, 0.717) is 23.4 Å². The van der Waals surface area contributed by atoms with Crippen LogP contribution >= 0.6 is 0 Å². The van der Waals surface area contributed by atoms with Gasteiger partial charge in [-0.25, -0.2) is 0 Å². The second-order valence-electron chi connectivity index (χ2n) is 4.95. The van der Waals surface area contributed by atoms with Crippen LogP contribution in [0.1, 0.15) is 40.6 Å². The standard InChI is InChI=1S/C16H15NO4/c1-2-17-14(12-8-5-9-21-12)13(16(19)20)10-6-3-4-7-11(10)15(17)18/h3-9,13-14H,2H2,1H3,(H,19,20). The van der Waals surface area contributed by atoms with Crippen molar-refractivity contribution in [1.82, 2.24) is 4.90 Å². The first-order chi connectivity index (χ1) is 10.1. The Balaban J connectivity index is 2.22. The van der Waals surface area contributed by atoms with E-state index in [-0.39, 0.29) is 5.91 Å². The highest BCUT2D eigenvalue weighted by molar-refractivity contribution is 6.00. The van der Waals surface area contributed by atoms with E-state index in [4.69, 9.17) is 4.42 Å². The Morgan fingerprint density at radius 1 is 1.29 bits per heavy atom. The monoisotopic (exact) mass is 285 g/mol. The third-order valence-corrected chi connectivity index (χ3v) is 3.88. The van der Waals surface area contributed by atoms with Gasteiger partial charge in [0.1, 0.15) is 17.7 Å². The molecule has 21 heavy (non-hydrogen) atoms. The molecule has 2 heterocycles. The number of amides is 1. The lowest BCUT2D eigenvalue weighted by atomic mass is 9.82. The van der Waals surface area contributed by atoms with Crippen molar-refractivity contribution in [3.05, 3.63) is 59.5 Å².